The van der Waals surface area contributed by atoms with E-state index in [1.807, 2.05) is 0 Å². The molecule has 0 saturated heterocycles. The van der Waals surface area contributed by atoms with Crippen LogP contribution >= 0.6 is 0 Å². The van der Waals surface area contributed by atoms with Crippen molar-refractivity contribution in [1.29, 1.82) is 0 Å². The number of carboxylic acid groups (broad SMARTS) is 1. The predicted octanol–water partition coefficient (Wildman–Crippen LogP) is 0.956. The molecule has 0 atom stereocenters. The number of hydrogen-bond acceptors (Lipinski definition) is 5. The topological polar surface area (TPSA) is 130 Å². The summed E-state index contributed by atoms with van der Waals surface area (Å²) in [5.41, 5.74) is 0.462. The van der Waals surface area contributed by atoms with E-state index in [1.165, 1.54) is 30.0 Å². The van der Waals surface area contributed by atoms with E-state index in [2.05, 4.69) is 5.32 Å². The number of amides is 2. The molecule has 0 unspecified atom stereocenters. The van der Waals surface area contributed by atoms with Crippen molar-refractivity contribution in [3.8, 4) is 0 Å². The van der Waals surface area contributed by atoms with Gasteiger partial charge in [-0.25, -0.2) is 0 Å². The van der Waals surface area contributed by atoms with Crippen LogP contribution in [0.2, 0.25) is 0 Å². The van der Waals surface area contributed by atoms with Crippen LogP contribution < -0.4 is 5.32 Å². The number of carbonyl (C=O) groups is 3. The fourth-order valence-electron chi connectivity index (χ4n) is 2.06. The Morgan fingerprint density at radius 3 is 2.50 bits per heavy atom. The lowest BCUT2D eigenvalue weighted by Crippen LogP contribution is -2.41. The van der Waals surface area contributed by atoms with Crippen LogP contribution in [0.25, 0.3) is 0 Å². The molecule has 0 spiro atoms. The van der Waals surface area contributed by atoms with Crippen LogP contribution in [-0.4, -0.2) is 52.3 Å². The molecule has 0 bridgehead atoms. The van der Waals surface area contributed by atoms with Gasteiger partial charge in [0.05, 0.1) is 17.9 Å². The third kappa shape index (κ3) is 5.34. The first-order valence-corrected chi connectivity index (χ1v) is 7.29. The summed E-state index contributed by atoms with van der Waals surface area (Å²) in [6, 6.07) is 3.92. The first-order chi connectivity index (χ1) is 11.3. The number of carboxylic acids is 1. The summed E-state index contributed by atoms with van der Waals surface area (Å²) in [6.45, 7) is 3.35. The van der Waals surface area contributed by atoms with Gasteiger partial charge in [-0.05, 0) is 26.0 Å². The monoisotopic (exact) mass is 337 g/mol. The summed E-state index contributed by atoms with van der Waals surface area (Å²) >= 11 is 0. The molecule has 0 heterocycles. The van der Waals surface area contributed by atoms with Crippen LogP contribution in [0.4, 0.5) is 5.69 Å². The van der Waals surface area contributed by atoms with Gasteiger partial charge in [-0.1, -0.05) is 0 Å². The van der Waals surface area contributed by atoms with Crippen molar-refractivity contribution in [2.45, 2.75) is 20.3 Å². The molecule has 0 aliphatic heterocycles. The van der Waals surface area contributed by atoms with Gasteiger partial charge in [-0.3, -0.25) is 24.5 Å². The van der Waals surface area contributed by atoms with Crippen LogP contribution in [0.15, 0.2) is 18.2 Å². The van der Waals surface area contributed by atoms with Crippen molar-refractivity contribution in [3.05, 3.63) is 39.4 Å². The van der Waals surface area contributed by atoms with E-state index in [0.717, 1.165) is 0 Å². The maximum absolute atomic E-state index is 12.0. The quantitative estimate of drug-likeness (QED) is 0.536. The molecule has 2 amide bonds. The number of nitro groups is 1. The fraction of sp³-hybridized carbons (Fsp3) is 0.400. The normalized spacial score (nSPS) is 10.1. The number of nitro benzene ring substituents is 1. The van der Waals surface area contributed by atoms with Crippen molar-refractivity contribution >= 4 is 23.5 Å². The molecular formula is C15H19N3O6. The van der Waals surface area contributed by atoms with E-state index < -0.39 is 22.7 Å². The van der Waals surface area contributed by atoms with Crippen molar-refractivity contribution in [2.75, 3.05) is 19.6 Å². The second kappa shape index (κ2) is 8.61. The largest absolute Gasteiger partial charge is 0.481 e. The molecule has 2 N–H and O–H groups in total. The van der Waals surface area contributed by atoms with Crippen molar-refractivity contribution in [1.82, 2.24) is 10.2 Å². The minimum Gasteiger partial charge on any atom is -0.481 e. The Morgan fingerprint density at radius 2 is 2.00 bits per heavy atom. The second-order valence-corrected chi connectivity index (χ2v) is 5.06. The second-order valence-electron chi connectivity index (χ2n) is 5.06. The molecule has 24 heavy (non-hydrogen) atoms. The van der Waals surface area contributed by atoms with E-state index in [4.69, 9.17) is 5.11 Å². The highest BCUT2D eigenvalue weighted by atomic mass is 16.6. The van der Waals surface area contributed by atoms with Gasteiger partial charge in [0.2, 0.25) is 5.91 Å². The smallest absolute Gasteiger partial charge is 0.305 e. The van der Waals surface area contributed by atoms with Gasteiger partial charge in [0, 0.05) is 30.3 Å². The van der Waals surface area contributed by atoms with Gasteiger partial charge >= 0.3 is 5.97 Å². The first kappa shape index (κ1) is 19.1. The van der Waals surface area contributed by atoms with Gasteiger partial charge in [-0.15, -0.1) is 0 Å². The first-order valence-electron chi connectivity index (χ1n) is 7.29. The van der Waals surface area contributed by atoms with Crippen LogP contribution in [-0.2, 0) is 9.59 Å². The Labute approximate surface area is 138 Å². The Kier molecular flexibility index (Phi) is 6.84. The van der Waals surface area contributed by atoms with Gasteiger partial charge in [-0.2, -0.15) is 0 Å². The third-order valence-corrected chi connectivity index (χ3v) is 3.39. The van der Waals surface area contributed by atoms with Gasteiger partial charge in [0.25, 0.3) is 11.6 Å². The molecule has 0 aliphatic carbocycles. The molecule has 9 nitrogen and oxygen atoms in total. The van der Waals surface area contributed by atoms with E-state index in [9.17, 15) is 24.5 Å². The maximum atomic E-state index is 12.0. The van der Waals surface area contributed by atoms with Gasteiger partial charge in [0.1, 0.15) is 0 Å². The highest BCUT2D eigenvalue weighted by Crippen LogP contribution is 2.18. The molecule has 1 aromatic carbocycles. The molecular weight excluding hydrogens is 318 g/mol. The minimum atomic E-state index is -1.01. The van der Waals surface area contributed by atoms with Gasteiger partial charge < -0.3 is 15.3 Å². The molecule has 0 fully saturated rings. The van der Waals surface area contributed by atoms with E-state index >= 15 is 0 Å². The lowest BCUT2D eigenvalue weighted by atomic mass is 10.1. The van der Waals surface area contributed by atoms with E-state index in [1.54, 1.807) is 6.92 Å². The van der Waals surface area contributed by atoms with Crippen LogP contribution in [0, 0.1) is 17.0 Å². The Morgan fingerprint density at radius 1 is 1.33 bits per heavy atom. The molecule has 0 aliphatic rings. The number of aryl methyl sites for hydroxylation is 1. The van der Waals surface area contributed by atoms with Crippen LogP contribution in [0.1, 0.15) is 29.3 Å². The number of rotatable bonds is 8. The summed E-state index contributed by atoms with van der Waals surface area (Å²) in [5, 5.41) is 21.8. The molecule has 1 rings (SSSR count). The number of likely N-dealkylation sites (N-methyl/N-ethyl adjacent to an activating group) is 1. The molecule has 130 valence electrons. The SMILES string of the molecule is CCN(CCC(=O)O)C(=O)CNC(=O)c1ccc([N+](=O)[O-])c(C)c1. The number of benzene rings is 1. The summed E-state index contributed by atoms with van der Waals surface area (Å²) in [5.74, 6) is -1.94. The summed E-state index contributed by atoms with van der Waals surface area (Å²) < 4.78 is 0. The highest BCUT2D eigenvalue weighted by Gasteiger charge is 2.16. The van der Waals surface area contributed by atoms with E-state index in [-0.39, 0.29) is 30.8 Å². The molecule has 1 aromatic rings. The lowest BCUT2D eigenvalue weighted by molar-refractivity contribution is -0.385. The van der Waals surface area contributed by atoms with E-state index in [0.29, 0.717) is 12.1 Å². The van der Waals surface area contributed by atoms with Gasteiger partial charge in [0.15, 0.2) is 0 Å². The zero-order chi connectivity index (χ0) is 18.3. The third-order valence-electron chi connectivity index (χ3n) is 3.39. The van der Waals surface area contributed by atoms with Crippen molar-refractivity contribution in [2.24, 2.45) is 0 Å². The average Bonchev–Trinajstić information content (AvgIpc) is 2.52. The standard InChI is InChI=1S/C15H19N3O6/c1-3-17(7-6-14(20)21)13(19)9-16-15(22)11-4-5-12(18(23)24)10(2)8-11/h4-5,8H,3,6-7,9H2,1-2H3,(H,16,22)(H,20,21). The molecule has 0 saturated carbocycles. The van der Waals surface area contributed by atoms with Crippen molar-refractivity contribution in [3.63, 3.8) is 0 Å². The number of aliphatic carboxylic acids is 1. The number of nitrogens with zero attached hydrogens (tertiary/aromatic N) is 2. The number of hydrogen-bond donors (Lipinski definition) is 2. The molecule has 9 heteroatoms. The maximum Gasteiger partial charge on any atom is 0.305 e. The number of nitrogens with one attached hydrogen (secondary N) is 1. The summed E-state index contributed by atoms with van der Waals surface area (Å²) in [4.78, 5) is 46.1. The number of carbonyl (C=O) groups excluding carboxylic acids is 2. The zero-order valence-corrected chi connectivity index (χ0v) is 13.4. The predicted molar refractivity (Wildman–Crippen MR) is 84.7 cm³/mol. The average molecular weight is 337 g/mol. The zero-order valence-electron chi connectivity index (χ0n) is 13.4. The Bertz CT molecular complexity index is 659. The fourth-order valence-corrected chi connectivity index (χ4v) is 2.06. The van der Waals surface area contributed by atoms with Crippen LogP contribution in [0.3, 0.4) is 0 Å². The lowest BCUT2D eigenvalue weighted by Gasteiger charge is -2.20. The van der Waals surface area contributed by atoms with Crippen LogP contribution in [0.5, 0.6) is 0 Å². The highest BCUT2D eigenvalue weighted by molar-refractivity contribution is 5.96. The summed E-state index contributed by atoms with van der Waals surface area (Å²) in [6.07, 6.45) is -0.172. The minimum absolute atomic E-state index is 0.0666. The Hall–Kier alpha value is -2.97. The van der Waals surface area contributed by atoms with Crippen molar-refractivity contribution < 1.29 is 24.4 Å². The summed E-state index contributed by atoms with van der Waals surface area (Å²) in [7, 11) is 0. The molecule has 0 aromatic heterocycles. The molecule has 0 radical (unpaired) electrons. The Balaban J connectivity index is 2.64.